The number of aryl methyl sites for hydroxylation is 1. The maximum atomic E-state index is 13.3. The van der Waals surface area contributed by atoms with E-state index in [0.29, 0.717) is 22.8 Å². The minimum atomic E-state index is -0.648. The molecule has 0 bridgehead atoms. The zero-order valence-corrected chi connectivity index (χ0v) is 18.5. The van der Waals surface area contributed by atoms with Gasteiger partial charge >= 0.3 is 0 Å². The van der Waals surface area contributed by atoms with Crippen LogP contribution in [-0.4, -0.2) is 22.4 Å². The Hall–Kier alpha value is -4.90. The predicted octanol–water partition coefficient (Wildman–Crippen LogP) is 4.35. The summed E-state index contributed by atoms with van der Waals surface area (Å²) in [6.07, 6.45) is 2.75. The van der Waals surface area contributed by atoms with Crippen LogP contribution in [-0.2, 0) is 4.79 Å². The van der Waals surface area contributed by atoms with E-state index in [0.717, 1.165) is 5.56 Å². The van der Waals surface area contributed by atoms with Crippen LogP contribution in [0, 0.1) is 18.3 Å². The number of ether oxygens (including phenoxy) is 2. The fourth-order valence-electron chi connectivity index (χ4n) is 3.23. The fraction of sp³-hybridized carbons (Fsp3) is 0.0769. The number of methoxy groups -OCH3 is 1. The van der Waals surface area contributed by atoms with Crippen molar-refractivity contribution in [3.63, 3.8) is 0 Å². The Morgan fingerprint density at radius 3 is 2.47 bits per heavy atom. The zero-order chi connectivity index (χ0) is 24.1. The van der Waals surface area contributed by atoms with Crippen molar-refractivity contribution in [3.8, 4) is 23.4 Å². The second-order valence-electron chi connectivity index (χ2n) is 7.28. The summed E-state index contributed by atoms with van der Waals surface area (Å²) in [4.78, 5) is 30.5. The van der Waals surface area contributed by atoms with Gasteiger partial charge in [-0.1, -0.05) is 24.3 Å². The van der Waals surface area contributed by atoms with Crippen LogP contribution in [0.25, 0.3) is 11.7 Å². The number of nitrogens with one attached hydrogen (secondary N) is 1. The molecule has 4 rings (SSSR count). The van der Waals surface area contributed by atoms with Crippen molar-refractivity contribution in [1.82, 2.24) is 9.38 Å². The van der Waals surface area contributed by atoms with Crippen LogP contribution in [0.5, 0.6) is 17.4 Å². The number of fused-ring (bicyclic) bond motifs is 1. The average Bonchev–Trinajstić information content (AvgIpc) is 2.86. The van der Waals surface area contributed by atoms with Crippen LogP contribution < -0.4 is 20.3 Å². The van der Waals surface area contributed by atoms with E-state index in [-0.39, 0.29) is 17.0 Å². The van der Waals surface area contributed by atoms with Crippen molar-refractivity contribution >= 4 is 23.3 Å². The average molecular weight is 452 g/mol. The van der Waals surface area contributed by atoms with Crippen LogP contribution in [0.15, 0.2) is 83.3 Å². The van der Waals surface area contributed by atoms with Crippen molar-refractivity contribution < 1.29 is 14.3 Å². The van der Waals surface area contributed by atoms with Gasteiger partial charge in [-0.25, -0.2) is 0 Å². The first-order chi connectivity index (χ1) is 16.5. The number of nitriles is 1. The SMILES string of the molecule is COc1ccc(Oc2nc3ccccn3c(=O)c2/C=C(\C#N)C(=O)Nc2ccccc2C)cc1. The number of anilines is 1. The lowest BCUT2D eigenvalue weighted by molar-refractivity contribution is -0.112. The Morgan fingerprint density at radius 1 is 1.06 bits per heavy atom. The van der Waals surface area contributed by atoms with Gasteiger partial charge in [0.1, 0.15) is 34.4 Å². The molecular weight excluding hydrogens is 432 g/mol. The van der Waals surface area contributed by atoms with E-state index in [4.69, 9.17) is 9.47 Å². The van der Waals surface area contributed by atoms with Crippen LogP contribution in [0.4, 0.5) is 5.69 Å². The number of hydrogen-bond acceptors (Lipinski definition) is 6. The van der Waals surface area contributed by atoms with Crippen LogP contribution in [0.2, 0.25) is 0 Å². The number of benzene rings is 2. The van der Waals surface area contributed by atoms with E-state index in [1.54, 1.807) is 67.9 Å². The topological polar surface area (TPSA) is 106 Å². The van der Waals surface area contributed by atoms with Gasteiger partial charge in [-0.3, -0.25) is 14.0 Å². The summed E-state index contributed by atoms with van der Waals surface area (Å²) in [5.74, 6) is 0.367. The molecule has 0 radical (unpaired) electrons. The van der Waals surface area contributed by atoms with Gasteiger partial charge in [0.2, 0.25) is 5.88 Å². The van der Waals surface area contributed by atoms with Crippen molar-refractivity contribution in [3.05, 3.63) is 100.0 Å². The van der Waals surface area contributed by atoms with E-state index in [2.05, 4.69) is 10.3 Å². The third-order valence-corrected chi connectivity index (χ3v) is 5.06. The highest BCUT2D eigenvalue weighted by Gasteiger charge is 2.18. The summed E-state index contributed by atoms with van der Waals surface area (Å²) >= 11 is 0. The van der Waals surface area contributed by atoms with E-state index >= 15 is 0 Å². The highest BCUT2D eigenvalue weighted by molar-refractivity contribution is 6.10. The van der Waals surface area contributed by atoms with Gasteiger partial charge < -0.3 is 14.8 Å². The number of nitrogens with zero attached hydrogens (tertiary/aromatic N) is 3. The van der Waals surface area contributed by atoms with Crippen molar-refractivity contribution in [1.29, 1.82) is 5.26 Å². The van der Waals surface area contributed by atoms with Crippen molar-refractivity contribution in [2.24, 2.45) is 0 Å². The Balaban J connectivity index is 1.79. The molecule has 0 saturated carbocycles. The molecule has 2 aromatic heterocycles. The largest absolute Gasteiger partial charge is 0.497 e. The van der Waals surface area contributed by atoms with Crippen molar-refractivity contribution in [2.45, 2.75) is 6.92 Å². The maximum Gasteiger partial charge on any atom is 0.269 e. The standard InChI is InChI=1S/C26H20N4O4/c1-17-7-3-4-8-22(17)28-24(31)18(16-27)15-21-25(34-20-12-10-19(33-2)11-13-20)29-23-9-5-6-14-30(23)26(21)32/h3-15H,1-2H3,(H,28,31)/b18-15+. The highest BCUT2D eigenvalue weighted by atomic mass is 16.5. The molecule has 0 fully saturated rings. The normalized spacial score (nSPS) is 11.0. The smallest absolute Gasteiger partial charge is 0.269 e. The molecule has 0 aliphatic heterocycles. The molecule has 0 aliphatic rings. The van der Waals surface area contributed by atoms with E-state index < -0.39 is 11.5 Å². The molecular formula is C26H20N4O4. The zero-order valence-electron chi connectivity index (χ0n) is 18.5. The Morgan fingerprint density at radius 2 is 1.76 bits per heavy atom. The Bertz CT molecular complexity index is 1500. The number of hydrogen-bond donors (Lipinski definition) is 1. The number of pyridine rings is 1. The summed E-state index contributed by atoms with van der Waals surface area (Å²) in [6.45, 7) is 1.84. The first-order valence-corrected chi connectivity index (χ1v) is 10.3. The molecule has 8 heteroatoms. The molecule has 0 aliphatic carbocycles. The third-order valence-electron chi connectivity index (χ3n) is 5.06. The van der Waals surface area contributed by atoms with Gasteiger partial charge in [0.15, 0.2) is 0 Å². The quantitative estimate of drug-likeness (QED) is 0.344. The molecule has 34 heavy (non-hydrogen) atoms. The van der Waals surface area contributed by atoms with E-state index in [1.165, 1.54) is 10.5 Å². The number of rotatable bonds is 6. The number of carbonyl (C=O) groups excluding carboxylic acids is 1. The molecule has 1 N–H and O–H groups in total. The van der Waals surface area contributed by atoms with Gasteiger partial charge in [-0.15, -0.1) is 0 Å². The number of amides is 1. The van der Waals surface area contributed by atoms with Crippen LogP contribution >= 0.6 is 0 Å². The number of carbonyl (C=O) groups is 1. The summed E-state index contributed by atoms with van der Waals surface area (Å²) in [5.41, 5.74) is 0.982. The monoisotopic (exact) mass is 452 g/mol. The Labute approximate surface area is 195 Å². The maximum absolute atomic E-state index is 13.3. The minimum Gasteiger partial charge on any atom is -0.497 e. The highest BCUT2D eigenvalue weighted by Crippen LogP contribution is 2.26. The summed E-state index contributed by atoms with van der Waals surface area (Å²) in [6, 6.07) is 20.9. The molecule has 0 unspecified atom stereocenters. The lowest BCUT2D eigenvalue weighted by Gasteiger charge is -2.11. The molecule has 2 heterocycles. The lowest BCUT2D eigenvalue weighted by atomic mass is 10.1. The predicted molar refractivity (Wildman–Crippen MR) is 128 cm³/mol. The van der Waals surface area contributed by atoms with Gasteiger partial charge in [-0.05, 0) is 61.0 Å². The molecule has 0 spiro atoms. The fourth-order valence-corrected chi connectivity index (χ4v) is 3.23. The molecule has 168 valence electrons. The van der Waals surface area contributed by atoms with Crippen molar-refractivity contribution in [2.75, 3.05) is 12.4 Å². The number of aromatic nitrogens is 2. The van der Waals surface area contributed by atoms with Crippen LogP contribution in [0.3, 0.4) is 0 Å². The lowest BCUT2D eigenvalue weighted by Crippen LogP contribution is -2.20. The molecule has 1 amide bonds. The molecule has 4 aromatic rings. The summed E-state index contributed by atoms with van der Waals surface area (Å²) < 4.78 is 12.4. The van der Waals surface area contributed by atoms with Gasteiger partial charge in [0.25, 0.3) is 11.5 Å². The summed E-state index contributed by atoms with van der Waals surface area (Å²) in [5, 5.41) is 12.4. The summed E-state index contributed by atoms with van der Waals surface area (Å²) in [7, 11) is 1.55. The van der Waals surface area contributed by atoms with Crippen LogP contribution in [0.1, 0.15) is 11.1 Å². The first-order valence-electron chi connectivity index (χ1n) is 10.3. The second kappa shape index (κ2) is 9.71. The Kier molecular flexibility index (Phi) is 6.37. The molecule has 8 nitrogen and oxygen atoms in total. The van der Waals surface area contributed by atoms with Gasteiger partial charge in [0, 0.05) is 11.9 Å². The molecule has 2 aromatic carbocycles. The third kappa shape index (κ3) is 4.64. The molecule has 0 saturated heterocycles. The minimum absolute atomic E-state index is 0.0298. The van der Waals surface area contributed by atoms with E-state index in [1.807, 2.05) is 25.1 Å². The second-order valence-corrected chi connectivity index (χ2v) is 7.28. The van der Waals surface area contributed by atoms with Gasteiger partial charge in [0.05, 0.1) is 7.11 Å². The molecule has 0 atom stereocenters. The van der Waals surface area contributed by atoms with E-state index in [9.17, 15) is 14.9 Å². The number of para-hydroxylation sites is 1. The first kappa shape index (κ1) is 22.3. The van der Waals surface area contributed by atoms with Gasteiger partial charge in [-0.2, -0.15) is 10.2 Å².